The summed E-state index contributed by atoms with van der Waals surface area (Å²) in [5.41, 5.74) is 8.35. The SMILES string of the molecule is Cc1nc2ncccn2c1-c1csc(N)n1.[HH]. The van der Waals surface area contributed by atoms with E-state index in [1.165, 1.54) is 11.3 Å². The van der Waals surface area contributed by atoms with Crippen LogP contribution in [0.1, 0.15) is 7.12 Å². The topological polar surface area (TPSA) is 69.1 Å². The molecule has 2 N–H and O–H groups in total. The van der Waals surface area contributed by atoms with Gasteiger partial charge in [0.05, 0.1) is 11.4 Å². The molecule has 3 aromatic heterocycles. The Balaban J connectivity index is 0.00000108. The van der Waals surface area contributed by atoms with E-state index in [1.54, 1.807) is 6.20 Å². The van der Waals surface area contributed by atoms with Gasteiger partial charge in [-0.2, -0.15) is 0 Å². The Morgan fingerprint density at radius 3 is 3.06 bits per heavy atom. The van der Waals surface area contributed by atoms with Crippen LogP contribution in [0.4, 0.5) is 5.13 Å². The number of fused-ring (bicyclic) bond motifs is 1. The van der Waals surface area contributed by atoms with Gasteiger partial charge in [0, 0.05) is 19.2 Å². The van der Waals surface area contributed by atoms with Crippen LogP contribution in [-0.2, 0) is 0 Å². The van der Waals surface area contributed by atoms with Crippen molar-refractivity contribution in [2.75, 3.05) is 5.73 Å². The van der Waals surface area contributed by atoms with Gasteiger partial charge in [0.2, 0.25) is 5.78 Å². The lowest BCUT2D eigenvalue weighted by atomic mass is 10.3. The Labute approximate surface area is 97.1 Å². The molecule has 0 aliphatic carbocycles. The molecule has 0 amide bonds. The first-order valence-corrected chi connectivity index (χ1v) is 5.65. The van der Waals surface area contributed by atoms with Gasteiger partial charge < -0.3 is 5.73 Å². The summed E-state index contributed by atoms with van der Waals surface area (Å²) >= 11 is 1.43. The van der Waals surface area contributed by atoms with Gasteiger partial charge in [-0.3, -0.25) is 4.40 Å². The van der Waals surface area contributed by atoms with Crippen molar-refractivity contribution in [2.45, 2.75) is 6.92 Å². The van der Waals surface area contributed by atoms with Gasteiger partial charge in [-0.05, 0) is 13.0 Å². The number of aromatic nitrogens is 4. The summed E-state index contributed by atoms with van der Waals surface area (Å²) < 4.78 is 1.92. The van der Waals surface area contributed by atoms with Gasteiger partial charge in [-0.1, -0.05) is 0 Å². The van der Waals surface area contributed by atoms with Crippen molar-refractivity contribution >= 4 is 22.2 Å². The van der Waals surface area contributed by atoms with Crippen LogP contribution in [0.15, 0.2) is 23.8 Å². The third kappa shape index (κ3) is 1.27. The summed E-state index contributed by atoms with van der Waals surface area (Å²) in [7, 11) is 0. The Kier molecular flexibility index (Phi) is 1.90. The molecule has 0 unspecified atom stereocenters. The molecule has 3 rings (SSSR count). The van der Waals surface area contributed by atoms with E-state index >= 15 is 0 Å². The van der Waals surface area contributed by atoms with Crippen LogP contribution >= 0.6 is 11.3 Å². The zero-order valence-corrected chi connectivity index (χ0v) is 9.40. The highest BCUT2D eigenvalue weighted by atomic mass is 32.1. The Morgan fingerprint density at radius 1 is 1.44 bits per heavy atom. The highest BCUT2D eigenvalue weighted by Gasteiger charge is 2.13. The molecular weight excluding hydrogens is 222 g/mol. The summed E-state index contributed by atoms with van der Waals surface area (Å²) in [6.07, 6.45) is 3.65. The number of imidazole rings is 1. The number of nitrogens with two attached hydrogens (primary N) is 1. The largest absolute Gasteiger partial charge is 0.375 e. The molecule has 16 heavy (non-hydrogen) atoms. The van der Waals surface area contributed by atoms with Crippen LogP contribution in [-0.4, -0.2) is 19.4 Å². The number of thiazole rings is 1. The van der Waals surface area contributed by atoms with Gasteiger partial charge in [0.25, 0.3) is 0 Å². The first-order chi connectivity index (χ1) is 7.75. The van der Waals surface area contributed by atoms with Crippen molar-refractivity contribution in [1.29, 1.82) is 0 Å². The number of nitrogen functional groups attached to an aromatic ring is 1. The fourth-order valence-electron chi connectivity index (χ4n) is 1.70. The predicted molar refractivity (Wildman–Crippen MR) is 65.4 cm³/mol. The monoisotopic (exact) mass is 233 g/mol. The summed E-state index contributed by atoms with van der Waals surface area (Å²) in [6.45, 7) is 1.94. The third-order valence-corrected chi connectivity index (χ3v) is 3.02. The zero-order valence-electron chi connectivity index (χ0n) is 8.58. The summed E-state index contributed by atoms with van der Waals surface area (Å²) in [4.78, 5) is 12.8. The average Bonchev–Trinajstić information content (AvgIpc) is 2.80. The fraction of sp³-hybridized carbons (Fsp3) is 0.100. The lowest BCUT2D eigenvalue weighted by Crippen LogP contribution is -1.91. The maximum atomic E-state index is 5.64. The molecule has 0 spiro atoms. The molecule has 3 aromatic rings. The van der Waals surface area contributed by atoms with E-state index in [9.17, 15) is 0 Å². The molecule has 0 aliphatic rings. The highest BCUT2D eigenvalue weighted by molar-refractivity contribution is 7.13. The quantitative estimate of drug-likeness (QED) is 0.697. The minimum absolute atomic E-state index is 0. The molecule has 3 heterocycles. The van der Waals surface area contributed by atoms with Crippen molar-refractivity contribution in [3.63, 3.8) is 0 Å². The van der Waals surface area contributed by atoms with Gasteiger partial charge in [0.1, 0.15) is 5.69 Å². The van der Waals surface area contributed by atoms with E-state index < -0.39 is 0 Å². The highest BCUT2D eigenvalue weighted by Crippen LogP contribution is 2.26. The molecule has 0 saturated heterocycles. The van der Waals surface area contributed by atoms with Crippen LogP contribution in [0.25, 0.3) is 17.2 Å². The summed E-state index contributed by atoms with van der Waals surface area (Å²) in [5, 5.41) is 2.49. The molecule has 82 valence electrons. The van der Waals surface area contributed by atoms with Crippen LogP contribution in [0.3, 0.4) is 0 Å². The smallest absolute Gasteiger partial charge is 0.234 e. The lowest BCUT2D eigenvalue weighted by molar-refractivity contribution is 1.11. The minimum Gasteiger partial charge on any atom is -0.375 e. The second-order valence-corrected chi connectivity index (χ2v) is 4.30. The van der Waals surface area contributed by atoms with E-state index in [2.05, 4.69) is 15.0 Å². The normalized spacial score (nSPS) is 11.1. The second-order valence-electron chi connectivity index (χ2n) is 3.41. The minimum atomic E-state index is 0. The molecule has 0 bridgehead atoms. The third-order valence-electron chi connectivity index (χ3n) is 2.34. The molecule has 0 fully saturated rings. The van der Waals surface area contributed by atoms with Gasteiger partial charge >= 0.3 is 0 Å². The Hall–Kier alpha value is -1.95. The maximum absolute atomic E-state index is 5.64. The van der Waals surface area contributed by atoms with E-state index in [0.717, 1.165) is 17.1 Å². The summed E-state index contributed by atoms with van der Waals surface area (Å²) in [6, 6.07) is 1.87. The van der Waals surface area contributed by atoms with Crippen molar-refractivity contribution < 1.29 is 1.43 Å². The van der Waals surface area contributed by atoms with Gasteiger partial charge in [0.15, 0.2) is 5.13 Å². The lowest BCUT2D eigenvalue weighted by Gasteiger charge is -1.97. The second kappa shape index (κ2) is 3.28. The van der Waals surface area contributed by atoms with Crippen molar-refractivity contribution in [1.82, 2.24) is 19.4 Å². The molecule has 0 aromatic carbocycles. The first kappa shape index (κ1) is 9.29. The van der Waals surface area contributed by atoms with Crippen LogP contribution < -0.4 is 5.73 Å². The van der Waals surface area contributed by atoms with E-state index in [0.29, 0.717) is 10.9 Å². The van der Waals surface area contributed by atoms with E-state index in [4.69, 9.17) is 5.73 Å². The summed E-state index contributed by atoms with van der Waals surface area (Å²) in [5.74, 6) is 0.682. The maximum Gasteiger partial charge on any atom is 0.234 e. The van der Waals surface area contributed by atoms with Gasteiger partial charge in [-0.15, -0.1) is 11.3 Å². The van der Waals surface area contributed by atoms with Crippen molar-refractivity contribution in [2.24, 2.45) is 0 Å². The molecule has 0 atom stereocenters. The molecular formula is C10H11N5S. The number of hydrogen-bond donors (Lipinski definition) is 1. The van der Waals surface area contributed by atoms with Crippen LogP contribution in [0.5, 0.6) is 0 Å². The Bertz CT molecular complexity index is 660. The van der Waals surface area contributed by atoms with E-state index in [-0.39, 0.29) is 1.43 Å². The first-order valence-electron chi connectivity index (χ1n) is 4.77. The predicted octanol–water partition coefficient (Wildman–Crippen LogP) is 1.99. The molecule has 0 saturated carbocycles. The number of nitrogens with zero attached hydrogens (tertiary/aromatic N) is 4. The number of anilines is 1. The van der Waals surface area contributed by atoms with Crippen LogP contribution in [0, 0.1) is 6.92 Å². The zero-order chi connectivity index (χ0) is 11.1. The van der Waals surface area contributed by atoms with E-state index in [1.807, 2.05) is 29.0 Å². The number of hydrogen-bond acceptors (Lipinski definition) is 5. The van der Waals surface area contributed by atoms with Crippen LogP contribution in [0.2, 0.25) is 0 Å². The molecule has 0 radical (unpaired) electrons. The number of aryl methyl sites for hydroxylation is 1. The fourth-order valence-corrected chi connectivity index (χ4v) is 2.25. The van der Waals surface area contributed by atoms with Crippen molar-refractivity contribution in [3.8, 4) is 11.4 Å². The standard InChI is InChI=1S/C10H9N5S.H2/c1-6-8(7-5-16-9(11)14-7)15-4-2-3-12-10(15)13-6;/h2-5H,1H3,(H2,11,14);1H. The van der Waals surface area contributed by atoms with Gasteiger partial charge in [-0.25, -0.2) is 15.0 Å². The average molecular weight is 233 g/mol. The molecule has 5 nitrogen and oxygen atoms in total. The molecule has 0 aliphatic heterocycles. The Morgan fingerprint density at radius 2 is 2.31 bits per heavy atom. The van der Waals surface area contributed by atoms with Crippen molar-refractivity contribution in [3.05, 3.63) is 29.5 Å². The molecule has 6 heteroatoms. The number of rotatable bonds is 1.